The van der Waals surface area contributed by atoms with Crippen LogP contribution in [-0.4, -0.2) is 25.7 Å². The topological polar surface area (TPSA) is 56.8 Å². The zero-order valence-corrected chi connectivity index (χ0v) is 15.9. The molecule has 0 fully saturated rings. The predicted octanol–water partition coefficient (Wildman–Crippen LogP) is 4.20. The summed E-state index contributed by atoms with van der Waals surface area (Å²) in [4.78, 5) is 12.3. The Morgan fingerprint density at radius 3 is 2.42 bits per heavy atom. The maximum atomic E-state index is 12.3. The Balaban J connectivity index is 1.96. The van der Waals surface area contributed by atoms with Crippen LogP contribution in [0.15, 0.2) is 42.5 Å². The Labute approximate surface area is 155 Å². The van der Waals surface area contributed by atoms with Crippen molar-refractivity contribution >= 4 is 5.91 Å². The van der Waals surface area contributed by atoms with Crippen LogP contribution in [0.25, 0.3) is 0 Å². The minimum Gasteiger partial charge on any atom is -0.494 e. The summed E-state index contributed by atoms with van der Waals surface area (Å²) in [6.07, 6.45) is 1.02. The van der Waals surface area contributed by atoms with Gasteiger partial charge in [-0.15, -0.1) is 0 Å². The van der Waals surface area contributed by atoms with Crippen molar-refractivity contribution < 1.29 is 19.0 Å². The van der Waals surface area contributed by atoms with E-state index in [9.17, 15) is 4.79 Å². The molecule has 0 spiro atoms. The first-order valence-corrected chi connectivity index (χ1v) is 8.88. The van der Waals surface area contributed by atoms with Crippen molar-refractivity contribution in [3.8, 4) is 17.2 Å². The van der Waals surface area contributed by atoms with Gasteiger partial charge in [-0.05, 0) is 62.2 Å². The second kappa shape index (κ2) is 9.70. The molecule has 5 heteroatoms. The maximum Gasteiger partial charge on any atom is 0.251 e. The Hall–Kier alpha value is -2.69. The lowest BCUT2D eigenvalue weighted by atomic mass is 10.1. The van der Waals surface area contributed by atoms with Crippen LogP contribution in [0.2, 0.25) is 0 Å². The molecule has 0 heterocycles. The first kappa shape index (κ1) is 19.6. The summed E-state index contributed by atoms with van der Waals surface area (Å²) in [6, 6.07) is 12.8. The molecule has 0 aliphatic heterocycles. The van der Waals surface area contributed by atoms with Crippen LogP contribution in [0.5, 0.6) is 17.2 Å². The molecule has 0 unspecified atom stereocenters. The number of nitrogens with one attached hydrogen (secondary N) is 1. The standard InChI is InChI=1S/C21H27NO4/c1-5-12-25-18-9-7-17(8-10-18)21(23)22-14-16-6-11-19(26-15(2)3)20(13-16)24-4/h6-11,13,15H,5,12,14H2,1-4H3,(H,22,23). The largest absolute Gasteiger partial charge is 0.494 e. The molecule has 0 saturated heterocycles. The molecular weight excluding hydrogens is 330 g/mol. The van der Waals surface area contributed by atoms with E-state index in [-0.39, 0.29) is 12.0 Å². The van der Waals surface area contributed by atoms with Gasteiger partial charge in [-0.25, -0.2) is 0 Å². The van der Waals surface area contributed by atoms with Gasteiger partial charge in [0.15, 0.2) is 11.5 Å². The highest BCUT2D eigenvalue weighted by Gasteiger charge is 2.09. The highest BCUT2D eigenvalue weighted by molar-refractivity contribution is 5.94. The second-order valence-electron chi connectivity index (χ2n) is 6.21. The van der Waals surface area contributed by atoms with Gasteiger partial charge in [-0.3, -0.25) is 4.79 Å². The number of methoxy groups -OCH3 is 1. The number of carbonyl (C=O) groups is 1. The van der Waals surface area contributed by atoms with Crippen molar-refractivity contribution in [1.29, 1.82) is 0 Å². The smallest absolute Gasteiger partial charge is 0.251 e. The van der Waals surface area contributed by atoms with E-state index in [0.717, 1.165) is 17.7 Å². The molecule has 0 aliphatic carbocycles. The summed E-state index contributed by atoms with van der Waals surface area (Å²) < 4.78 is 16.6. The number of amides is 1. The zero-order chi connectivity index (χ0) is 18.9. The molecule has 140 valence electrons. The minimum atomic E-state index is -0.131. The first-order valence-electron chi connectivity index (χ1n) is 8.88. The van der Waals surface area contributed by atoms with E-state index >= 15 is 0 Å². The quantitative estimate of drug-likeness (QED) is 0.731. The number of hydrogen-bond donors (Lipinski definition) is 1. The van der Waals surface area contributed by atoms with Crippen LogP contribution in [0, 0.1) is 0 Å². The first-order chi connectivity index (χ1) is 12.5. The Morgan fingerprint density at radius 2 is 1.81 bits per heavy atom. The van der Waals surface area contributed by atoms with Crippen LogP contribution >= 0.6 is 0 Å². The van der Waals surface area contributed by atoms with Crippen molar-refractivity contribution in [2.24, 2.45) is 0 Å². The monoisotopic (exact) mass is 357 g/mol. The summed E-state index contributed by atoms with van der Waals surface area (Å²) >= 11 is 0. The molecule has 0 bridgehead atoms. The van der Waals surface area contributed by atoms with Crippen molar-refractivity contribution in [2.45, 2.75) is 39.8 Å². The molecule has 0 saturated carbocycles. The second-order valence-corrected chi connectivity index (χ2v) is 6.21. The molecule has 5 nitrogen and oxygen atoms in total. The highest BCUT2D eigenvalue weighted by Crippen LogP contribution is 2.29. The molecule has 1 N–H and O–H groups in total. The van der Waals surface area contributed by atoms with E-state index in [1.807, 2.05) is 44.2 Å². The molecular formula is C21H27NO4. The van der Waals surface area contributed by atoms with E-state index in [1.54, 1.807) is 19.2 Å². The van der Waals surface area contributed by atoms with E-state index in [2.05, 4.69) is 12.2 Å². The lowest BCUT2D eigenvalue weighted by Gasteiger charge is -2.14. The average Bonchev–Trinajstić information content (AvgIpc) is 2.65. The number of hydrogen-bond acceptors (Lipinski definition) is 4. The SMILES string of the molecule is CCCOc1ccc(C(=O)NCc2ccc(OC(C)C)c(OC)c2)cc1. The van der Waals surface area contributed by atoms with Crippen molar-refractivity contribution in [3.63, 3.8) is 0 Å². The number of rotatable bonds is 9. The van der Waals surface area contributed by atoms with Gasteiger partial charge in [0, 0.05) is 12.1 Å². The average molecular weight is 357 g/mol. The fraction of sp³-hybridized carbons (Fsp3) is 0.381. The summed E-state index contributed by atoms with van der Waals surface area (Å²) in [5.74, 6) is 1.99. The van der Waals surface area contributed by atoms with Gasteiger partial charge in [-0.1, -0.05) is 13.0 Å². The van der Waals surface area contributed by atoms with E-state index in [1.165, 1.54) is 0 Å². The fourth-order valence-corrected chi connectivity index (χ4v) is 2.38. The molecule has 0 atom stereocenters. The molecule has 0 radical (unpaired) electrons. The molecule has 1 amide bonds. The molecule has 2 aromatic rings. The van der Waals surface area contributed by atoms with Crippen molar-refractivity contribution in [3.05, 3.63) is 53.6 Å². The zero-order valence-electron chi connectivity index (χ0n) is 15.9. The third-order valence-corrected chi connectivity index (χ3v) is 3.63. The van der Waals surface area contributed by atoms with Gasteiger partial charge in [0.1, 0.15) is 5.75 Å². The third-order valence-electron chi connectivity index (χ3n) is 3.63. The highest BCUT2D eigenvalue weighted by atomic mass is 16.5. The summed E-state index contributed by atoms with van der Waals surface area (Å²) in [7, 11) is 1.60. The van der Waals surface area contributed by atoms with Crippen LogP contribution in [0.1, 0.15) is 43.1 Å². The van der Waals surface area contributed by atoms with E-state index in [0.29, 0.717) is 30.2 Å². The van der Waals surface area contributed by atoms with Crippen molar-refractivity contribution in [2.75, 3.05) is 13.7 Å². The van der Waals surface area contributed by atoms with Gasteiger partial charge < -0.3 is 19.5 Å². The maximum absolute atomic E-state index is 12.3. The van der Waals surface area contributed by atoms with Gasteiger partial charge in [0.25, 0.3) is 5.91 Å². The van der Waals surface area contributed by atoms with E-state index in [4.69, 9.17) is 14.2 Å². The van der Waals surface area contributed by atoms with Crippen LogP contribution in [-0.2, 0) is 6.54 Å². The Kier molecular flexibility index (Phi) is 7.33. The normalized spacial score (nSPS) is 10.5. The Morgan fingerprint density at radius 1 is 1.08 bits per heavy atom. The summed E-state index contributed by atoms with van der Waals surface area (Å²) in [5, 5.41) is 2.91. The van der Waals surface area contributed by atoms with Crippen LogP contribution in [0.4, 0.5) is 0 Å². The predicted molar refractivity (Wildman–Crippen MR) is 102 cm³/mol. The van der Waals surface area contributed by atoms with E-state index < -0.39 is 0 Å². The number of carbonyl (C=O) groups excluding carboxylic acids is 1. The molecule has 0 aliphatic rings. The number of benzene rings is 2. The minimum absolute atomic E-state index is 0.0683. The Bertz CT molecular complexity index is 710. The molecule has 26 heavy (non-hydrogen) atoms. The molecule has 2 rings (SSSR count). The summed E-state index contributed by atoms with van der Waals surface area (Å²) in [5.41, 5.74) is 1.54. The van der Waals surface area contributed by atoms with Crippen LogP contribution < -0.4 is 19.5 Å². The lowest BCUT2D eigenvalue weighted by Crippen LogP contribution is -2.22. The van der Waals surface area contributed by atoms with Crippen LogP contribution in [0.3, 0.4) is 0 Å². The third kappa shape index (κ3) is 5.69. The summed E-state index contributed by atoms with van der Waals surface area (Å²) in [6.45, 7) is 7.06. The lowest BCUT2D eigenvalue weighted by molar-refractivity contribution is 0.0951. The molecule has 0 aromatic heterocycles. The van der Waals surface area contributed by atoms with Gasteiger partial charge in [-0.2, -0.15) is 0 Å². The number of ether oxygens (including phenoxy) is 3. The van der Waals surface area contributed by atoms with Gasteiger partial charge >= 0.3 is 0 Å². The molecule has 2 aromatic carbocycles. The van der Waals surface area contributed by atoms with Gasteiger partial charge in [0.2, 0.25) is 0 Å². The fourth-order valence-electron chi connectivity index (χ4n) is 2.38. The van der Waals surface area contributed by atoms with Gasteiger partial charge in [0.05, 0.1) is 19.8 Å². The van der Waals surface area contributed by atoms with Crippen molar-refractivity contribution in [1.82, 2.24) is 5.32 Å².